The molecular weight excluding hydrogens is 448 g/mol. The number of benzene rings is 2. The molecule has 1 amide bonds. The lowest BCUT2D eigenvalue weighted by Gasteiger charge is -2.48. The Morgan fingerprint density at radius 1 is 1.06 bits per heavy atom. The van der Waals surface area contributed by atoms with Crippen LogP contribution in [0.2, 0.25) is 0 Å². The predicted molar refractivity (Wildman–Crippen MR) is 142 cm³/mol. The molecule has 2 aromatic carbocycles. The van der Waals surface area contributed by atoms with Gasteiger partial charge in [0, 0.05) is 36.7 Å². The van der Waals surface area contributed by atoms with Crippen LogP contribution >= 0.6 is 0 Å². The summed E-state index contributed by atoms with van der Waals surface area (Å²) in [5.74, 6) is 3.07. The summed E-state index contributed by atoms with van der Waals surface area (Å²) in [5, 5.41) is 3.62. The Balaban J connectivity index is 1.31. The lowest BCUT2D eigenvalue weighted by Crippen LogP contribution is -2.55. The van der Waals surface area contributed by atoms with Crippen LogP contribution in [0, 0.1) is 11.8 Å². The maximum Gasteiger partial charge on any atom is 0.228 e. The molecule has 1 unspecified atom stereocenters. The standard InChI is InChI=1S/C31H40N2O3/c1-35-28-14-8-13-25-29(28)36-18-16-31(25)21-32-20-26(31)30(34)33-17-15-24(22-9-4-2-5-10-22)19-27(33)23-11-6-3-7-12-23/h2,4-5,8-10,13-14,23-24,26-27,32H,3,6-7,11-12,15-21H2,1H3/t24-,26?,27+,31+/m1/s1. The number of carbonyl (C=O) groups is 1. The molecule has 4 atom stereocenters. The quantitative estimate of drug-likeness (QED) is 0.635. The van der Waals surface area contributed by atoms with E-state index in [-0.39, 0.29) is 11.3 Å². The molecule has 0 aromatic heterocycles. The van der Waals surface area contributed by atoms with Crippen LogP contribution in [0.4, 0.5) is 0 Å². The van der Waals surface area contributed by atoms with Crippen molar-refractivity contribution in [1.82, 2.24) is 10.2 Å². The minimum atomic E-state index is -0.230. The molecule has 5 nitrogen and oxygen atoms in total. The third kappa shape index (κ3) is 4.09. The second-order valence-corrected chi connectivity index (χ2v) is 11.4. The molecule has 3 aliphatic heterocycles. The number of nitrogens with zero attached hydrogens (tertiary/aromatic N) is 1. The van der Waals surface area contributed by atoms with Crippen molar-refractivity contribution in [3.05, 3.63) is 59.7 Å². The number of fused-ring (bicyclic) bond motifs is 2. The van der Waals surface area contributed by atoms with Crippen LogP contribution in [0.5, 0.6) is 11.5 Å². The molecule has 1 spiro atoms. The van der Waals surface area contributed by atoms with Gasteiger partial charge in [0.15, 0.2) is 11.5 Å². The first kappa shape index (κ1) is 23.8. The largest absolute Gasteiger partial charge is 0.493 e. The third-order valence-electron chi connectivity index (χ3n) is 9.68. The van der Waals surface area contributed by atoms with E-state index in [0.717, 1.165) is 56.0 Å². The van der Waals surface area contributed by atoms with Gasteiger partial charge in [0.2, 0.25) is 5.91 Å². The molecule has 1 saturated carbocycles. The second-order valence-electron chi connectivity index (χ2n) is 11.4. The SMILES string of the molecule is COc1cccc2c1OCC[C@]21CNCC1C(=O)N1CC[C@@H](c2ccccc2)C[C@H]1C1CCCCC1. The fourth-order valence-electron chi connectivity index (χ4n) is 7.78. The highest BCUT2D eigenvalue weighted by Gasteiger charge is 2.53. The lowest BCUT2D eigenvalue weighted by atomic mass is 9.67. The molecule has 0 radical (unpaired) electrons. The van der Waals surface area contributed by atoms with Crippen LogP contribution in [-0.4, -0.2) is 50.2 Å². The zero-order valence-electron chi connectivity index (χ0n) is 21.6. The van der Waals surface area contributed by atoms with Crippen molar-refractivity contribution in [2.24, 2.45) is 11.8 Å². The van der Waals surface area contributed by atoms with E-state index in [1.807, 2.05) is 12.1 Å². The number of hydrogen-bond acceptors (Lipinski definition) is 4. The molecule has 5 heteroatoms. The molecule has 6 rings (SSSR count). The number of methoxy groups -OCH3 is 1. The molecule has 4 aliphatic rings. The number of para-hydroxylation sites is 1. The minimum Gasteiger partial charge on any atom is -0.493 e. The summed E-state index contributed by atoms with van der Waals surface area (Å²) in [6.45, 7) is 3.06. The van der Waals surface area contributed by atoms with Crippen LogP contribution in [0.25, 0.3) is 0 Å². The number of ether oxygens (including phenoxy) is 2. The number of nitrogens with one attached hydrogen (secondary N) is 1. The van der Waals surface area contributed by atoms with Gasteiger partial charge in [-0.3, -0.25) is 4.79 Å². The monoisotopic (exact) mass is 488 g/mol. The Kier molecular flexibility index (Phi) is 6.68. The Labute approximate surface area is 215 Å². The van der Waals surface area contributed by atoms with Crippen LogP contribution in [-0.2, 0) is 10.2 Å². The summed E-state index contributed by atoms with van der Waals surface area (Å²) >= 11 is 0. The number of carbonyl (C=O) groups excluding carboxylic acids is 1. The minimum absolute atomic E-state index is 0.0633. The summed E-state index contributed by atoms with van der Waals surface area (Å²) in [5.41, 5.74) is 2.35. The number of hydrogen-bond donors (Lipinski definition) is 1. The topological polar surface area (TPSA) is 50.8 Å². The maximum atomic E-state index is 14.5. The highest BCUT2D eigenvalue weighted by molar-refractivity contribution is 5.82. The van der Waals surface area contributed by atoms with Gasteiger partial charge in [-0.25, -0.2) is 0 Å². The van der Waals surface area contributed by atoms with E-state index in [1.54, 1.807) is 7.11 Å². The maximum absolute atomic E-state index is 14.5. The lowest BCUT2D eigenvalue weighted by molar-refractivity contribution is -0.143. The van der Waals surface area contributed by atoms with Crippen molar-refractivity contribution < 1.29 is 14.3 Å². The molecule has 36 heavy (non-hydrogen) atoms. The number of likely N-dealkylation sites (tertiary alicyclic amines) is 1. The van der Waals surface area contributed by atoms with E-state index in [9.17, 15) is 4.79 Å². The first-order valence-corrected chi connectivity index (χ1v) is 14.1. The molecular formula is C31H40N2O3. The van der Waals surface area contributed by atoms with Gasteiger partial charge in [-0.05, 0) is 55.6 Å². The molecule has 192 valence electrons. The van der Waals surface area contributed by atoms with Gasteiger partial charge in [-0.1, -0.05) is 61.7 Å². The highest BCUT2D eigenvalue weighted by Crippen LogP contribution is 2.50. The first-order valence-electron chi connectivity index (χ1n) is 14.1. The summed E-state index contributed by atoms with van der Waals surface area (Å²) in [4.78, 5) is 16.9. The van der Waals surface area contributed by atoms with Crippen molar-refractivity contribution in [3.8, 4) is 11.5 Å². The number of rotatable bonds is 4. The van der Waals surface area contributed by atoms with Gasteiger partial charge in [-0.2, -0.15) is 0 Å². The Morgan fingerprint density at radius 3 is 2.69 bits per heavy atom. The van der Waals surface area contributed by atoms with Gasteiger partial charge in [-0.15, -0.1) is 0 Å². The summed E-state index contributed by atoms with van der Waals surface area (Å²) in [6.07, 6.45) is 9.49. The predicted octanol–water partition coefficient (Wildman–Crippen LogP) is 5.29. The van der Waals surface area contributed by atoms with Crippen LogP contribution in [0.15, 0.2) is 48.5 Å². The summed E-state index contributed by atoms with van der Waals surface area (Å²) in [7, 11) is 1.70. The van der Waals surface area contributed by atoms with E-state index < -0.39 is 0 Å². The second kappa shape index (κ2) is 10.1. The molecule has 3 fully saturated rings. The normalized spacial score (nSPS) is 30.6. The third-order valence-corrected chi connectivity index (χ3v) is 9.68. The highest BCUT2D eigenvalue weighted by atomic mass is 16.5. The van der Waals surface area contributed by atoms with Crippen molar-refractivity contribution in [2.75, 3.05) is 33.4 Å². The molecule has 0 bridgehead atoms. The molecule has 3 heterocycles. The fraction of sp³-hybridized carbons (Fsp3) is 0.581. The van der Waals surface area contributed by atoms with Gasteiger partial charge in [0.25, 0.3) is 0 Å². The molecule has 1 N–H and O–H groups in total. The van der Waals surface area contributed by atoms with Crippen LogP contribution < -0.4 is 14.8 Å². The van der Waals surface area contributed by atoms with E-state index in [1.165, 1.54) is 37.7 Å². The van der Waals surface area contributed by atoms with Crippen molar-refractivity contribution in [3.63, 3.8) is 0 Å². The van der Waals surface area contributed by atoms with Crippen LogP contribution in [0.3, 0.4) is 0 Å². The first-order chi connectivity index (χ1) is 17.7. The molecule has 1 aliphatic carbocycles. The summed E-state index contributed by atoms with van der Waals surface area (Å²) in [6, 6.07) is 17.5. The Hall–Kier alpha value is -2.53. The van der Waals surface area contributed by atoms with Gasteiger partial charge in [0.05, 0.1) is 19.6 Å². The smallest absolute Gasteiger partial charge is 0.228 e. The van der Waals surface area contributed by atoms with Crippen molar-refractivity contribution in [1.29, 1.82) is 0 Å². The zero-order chi connectivity index (χ0) is 24.5. The number of piperidine rings is 1. The van der Waals surface area contributed by atoms with Gasteiger partial charge < -0.3 is 19.7 Å². The average Bonchev–Trinajstić information content (AvgIpc) is 3.37. The summed E-state index contributed by atoms with van der Waals surface area (Å²) < 4.78 is 11.7. The Bertz CT molecular complexity index is 1070. The van der Waals surface area contributed by atoms with E-state index in [0.29, 0.717) is 30.4 Å². The average molecular weight is 489 g/mol. The Morgan fingerprint density at radius 2 is 1.89 bits per heavy atom. The van der Waals surface area contributed by atoms with E-state index in [4.69, 9.17) is 9.47 Å². The molecule has 2 saturated heterocycles. The fourth-order valence-corrected chi connectivity index (χ4v) is 7.78. The van der Waals surface area contributed by atoms with Crippen molar-refractivity contribution in [2.45, 2.75) is 68.7 Å². The van der Waals surface area contributed by atoms with E-state index in [2.05, 4.69) is 46.6 Å². The van der Waals surface area contributed by atoms with Gasteiger partial charge in [0.1, 0.15) is 0 Å². The molecule has 2 aromatic rings. The van der Waals surface area contributed by atoms with E-state index >= 15 is 0 Å². The van der Waals surface area contributed by atoms with Crippen LogP contribution in [0.1, 0.15) is 68.4 Å². The number of amides is 1. The van der Waals surface area contributed by atoms with Gasteiger partial charge >= 0.3 is 0 Å². The zero-order valence-corrected chi connectivity index (χ0v) is 21.6. The van der Waals surface area contributed by atoms with Crippen molar-refractivity contribution >= 4 is 5.91 Å².